The van der Waals surface area contributed by atoms with Crippen LogP contribution in [0.3, 0.4) is 0 Å². The average Bonchev–Trinajstić information content (AvgIpc) is 2.94. The first kappa shape index (κ1) is 13.8. The second-order valence-electron chi connectivity index (χ2n) is 5.75. The third-order valence-corrected chi connectivity index (χ3v) is 4.55. The lowest BCUT2D eigenvalue weighted by molar-refractivity contribution is 0.0671. The molecule has 0 radical (unpaired) electrons. The van der Waals surface area contributed by atoms with Crippen LogP contribution in [0.15, 0.2) is 18.3 Å². The summed E-state index contributed by atoms with van der Waals surface area (Å²) < 4.78 is 0. The molecule has 1 saturated heterocycles. The quantitative estimate of drug-likeness (QED) is 0.848. The van der Waals surface area contributed by atoms with Crippen molar-refractivity contribution < 1.29 is 10.2 Å². The third kappa shape index (κ3) is 2.80. The van der Waals surface area contributed by atoms with E-state index in [1.165, 1.54) is 0 Å². The van der Waals surface area contributed by atoms with E-state index in [0.717, 1.165) is 56.8 Å². The molecule has 0 bridgehead atoms. The van der Waals surface area contributed by atoms with Crippen LogP contribution in [0.5, 0.6) is 0 Å². The highest BCUT2D eigenvalue weighted by Gasteiger charge is 2.32. The number of nitrogens with zero attached hydrogens (tertiary/aromatic N) is 3. The standard InChI is InChI=1S/C15H23N3O2/c19-11-12-10-13(4-5-16-12)17-6-8-18(9-7-17)14-2-1-3-15(14)20/h4-5,10,14-15,19-20H,1-3,6-9,11H2. The second-order valence-corrected chi connectivity index (χ2v) is 5.75. The Morgan fingerprint density at radius 1 is 1.20 bits per heavy atom. The Bertz CT molecular complexity index is 446. The van der Waals surface area contributed by atoms with E-state index in [1.54, 1.807) is 6.20 Å². The van der Waals surface area contributed by atoms with Crippen molar-refractivity contribution in [2.45, 2.75) is 38.0 Å². The van der Waals surface area contributed by atoms with Gasteiger partial charge < -0.3 is 15.1 Å². The molecular weight excluding hydrogens is 254 g/mol. The van der Waals surface area contributed by atoms with Gasteiger partial charge in [0, 0.05) is 44.1 Å². The smallest absolute Gasteiger partial charge is 0.0853 e. The largest absolute Gasteiger partial charge is 0.391 e. The van der Waals surface area contributed by atoms with E-state index in [2.05, 4.69) is 14.8 Å². The fraction of sp³-hybridized carbons (Fsp3) is 0.667. The summed E-state index contributed by atoms with van der Waals surface area (Å²) in [5.74, 6) is 0. The normalized spacial score (nSPS) is 28.0. The number of aliphatic hydroxyl groups is 2. The highest BCUT2D eigenvalue weighted by Crippen LogP contribution is 2.26. The fourth-order valence-corrected chi connectivity index (χ4v) is 3.41. The first-order valence-corrected chi connectivity index (χ1v) is 7.51. The molecule has 2 aliphatic rings. The molecular formula is C15H23N3O2. The maximum absolute atomic E-state index is 10.0. The summed E-state index contributed by atoms with van der Waals surface area (Å²) in [4.78, 5) is 8.89. The fourth-order valence-electron chi connectivity index (χ4n) is 3.41. The summed E-state index contributed by atoms with van der Waals surface area (Å²) in [5.41, 5.74) is 1.85. The molecule has 2 atom stereocenters. The number of anilines is 1. The van der Waals surface area contributed by atoms with Gasteiger partial charge in [-0.05, 0) is 31.4 Å². The van der Waals surface area contributed by atoms with Crippen molar-refractivity contribution in [1.82, 2.24) is 9.88 Å². The average molecular weight is 277 g/mol. The van der Waals surface area contributed by atoms with Gasteiger partial charge in [-0.2, -0.15) is 0 Å². The Morgan fingerprint density at radius 3 is 2.65 bits per heavy atom. The van der Waals surface area contributed by atoms with Crippen molar-refractivity contribution in [3.63, 3.8) is 0 Å². The molecule has 2 heterocycles. The third-order valence-electron chi connectivity index (χ3n) is 4.55. The number of pyridine rings is 1. The predicted molar refractivity (Wildman–Crippen MR) is 77.6 cm³/mol. The molecule has 1 saturated carbocycles. The molecule has 0 spiro atoms. The van der Waals surface area contributed by atoms with E-state index in [-0.39, 0.29) is 12.7 Å². The minimum Gasteiger partial charge on any atom is -0.391 e. The van der Waals surface area contributed by atoms with Crippen LogP contribution in [0.1, 0.15) is 25.0 Å². The minimum atomic E-state index is -0.136. The van der Waals surface area contributed by atoms with Crippen molar-refractivity contribution in [3.05, 3.63) is 24.0 Å². The van der Waals surface area contributed by atoms with Crippen LogP contribution < -0.4 is 4.90 Å². The predicted octanol–water partition coefficient (Wildman–Crippen LogP) is 0.609. The van der Waals surface area contributed by atoms with Gasteiger partial charge in [0.25, 0.3) is 0 Å². The molecule has 2 N–H and O–H groups in total. The molecule has 1 aliphatic carbocycles. The zero-order valence-corrected chi connectivity index (χ0v) is 11.8. The van der Waals surface area contributed by atoms with Gasteiger partial charge in [0.1, 0.15) is 0 Å². The van der Waals surface area contributed by atoms with Gasteiger partial charge in [-0.25, -0.2) is 0 Å². The van der Waals surface area contributed by atoms with E-state index >= 15 is 0 Å². The Labute approximate surface area is 119 Å². The lowest BCUT2D eigenvalue weighted by Gasteiger charge is -2.40. The molecule has 110 valence electrons. The zero-order chi connectivity index (χ0) is 13.9. The first-order chi connectivity index (χ1) is 9.78. The van der Waals surface area contributed by atoms with Crippen LogP contribution in [-0.4, -0.2) is 58.4 Å². The van der Waals surface area contributed by atoms with Crippen LogP contribution in [-0.2, 0) is 6.61 Å². The van der Waals surface area contributed by atoms with Crippen LogP contribution in [0.25, 0.3) is 0 Å². The highest BCUT2D eigenvalue weighted by atomic mass is 16.3. The molecule has 2 fully saturated rings. The molecule has 20 heavy (non-hydrogen) atoms. The Morgan fingerprint density at radius 2 is 2.00 bits per heavy atom. The van der Waals surface area contributed by atoms with Gasteiger partial charge in [-0.3, -0.25) is 9.88 Å². The number of hydrogen-bond acceptors (Lipinski definition) is 5. The summed E-state index contributed by atoms with van der Waals surface area (Å²) in [6.45, 7) is 3.93. The topological polar surface area (TPSA) is 59.8 Å². The van der Waals surface area contributed by atoms with Crippen molar-refractivity contribution in [1.29, 1.82) is 0 Å². The molecule has 1 aromatic heterocycles. The Hall–Kier alpha value is -1.17. The summed E-state index contributed by atoms with van der Waals surface area (Å²) >= 11 is 0. The van der Waals surface area contributed by atoms with E-state index in [4.69, 9.17) is 5.11 Å². The SMILES string of the molecule is OCc1cc(N2CCN(C3CCCC3O)CC2)ccn1. The highest BCUT2D eigenvalue weighted by molar-refractivity contribution is 5.47. The molecule has 0 amide bonds. The van der Waals surface area contributed by atoms with E-state index < -0.39 is 0 Å². The van der Waals surface area contributed by atoms with Crippen molar-refractivity contribution >= 4 is 5.69 Å². The van der Waals surface area contributed by atoms with Crippen LogP contribution in [0.4, 0.5) is 5.69 Å². The van der Waals surface area contributed by atoms with Gasteiger partial charge in [-0.1, -0.05) is 0 Å². The number of aliphatic hydroxyl groups excluding tert-OH is 2. The van der Waals surface area contributed by atoms with Gasteiger partial charge in [0.2, 0.25) is 0 Å². The summed E-state index contributed by atoms with van der Waals surface area (Å²) in [6, 6.07) is 4.32. The monoisotopic (exact) mass is 277 g/mol. The lowest BCUT2D eigenvalue weighted by Crippen LogP contribution is -2.52. The summed E-state index contributed by atoms with van der Waals surface area (Å²) in [5, 5.41) is 19.2. The van der Waals surface area contributed by atoms with Gasteiger partial charge in [0.05, 0.1) is 18.4 Å². The number of piperazine rings is 1. The van der Waals surface area contributed by atoms with E-state index in [1.807, 2.05) is 12.1 Å². The molecule has 1 aromatic rings. The van der Waals surface area contributed by atoms with Gasteiger partial charge in [0.15, 0.2) is 0 Å². The lowest BCUT2D eigenvalue weighted by atomic mass is 10.1. The van der Waals surface area contributed by atoms with Crippen molar-refractivity contribution in [3.8, 4) is 0 Å². The Balaban J connectivity index is 1.60. The number of hydrogen-bond donors (Lipinski definition) is 2. The summed E-state index contributed by atoms with van der Waals surface area (Å²) in [7, 11) is 0. The molecule has 5 nitrogen and oxygen atoms in total. The van der Waals surface area contributed by atoms with Crippen molar-refractivity contribution in [2.24, 2.45) is 0 Å². The molecule has 1 aliphatic heterocycles. The van der Waals surface area contributed by atoms with Gasteiger partial charge >= 0.3 is 0 Å². The molecule has 0 aromatic carbocycles. The van der Waals surface area contributed by atoms with Gasteiger partial charge in [-0.15, -0.1) is 0 Å². The van der Waals surface area contributed by atoms with Crippen molar-refractivity contribution in [2.75, 3.05) is 31.1 Å². The summed E-state index contributed by atoms with van der Waals surface area (Å²) in [6.07, 6.45) is 4.85. The minimum absolute atomic E-state index is 0.0118. The van der Waals surface area contributed by atoms with E-state index in [9.17, 15) is 5.11 Å². The first-order valence-electron chi connectivity index (χ1n) is 7.51. The zero-order valence-electron chi connectivity index (χ0n) is 11.8. The molecule has 5 heteroatoms. The van der Waals surface area contributed by atoms with E-state index in [0.29, 0.717) is 6.04 Å². The maximum atomic E-state index is 10.0. The Kier molecular flexibility index (Phi) is 4.19. The number of aromatic nitrogens is 1. The molecule has 3 rings (SSSR count). The second kappa shape index (κ2) is 6.08. The van der Waals surface area contributed by atoms with Crippen LogP contribution >= 0.6 is 0 Å². The maximum Gasteiger partial charge on any atom is 0.0853 e. The number of rotatable bonds is 3. The molecule has 2 unspecified atom stereocenters. The van der Waals surface area contributed by atoms with Crippen LogP contribution in [0.2, 0.25) is 0 Å². The van der Waals surface area contributed by atoms with Crippen LogP contribution in [0, 0.1) is 0 Å².